The molecule has 10 heteroatoms. The Balaban J connectivity index is 1.01. The smallest absolute Gasteiger partial charge is 0.297 e. The van der Waals surface area contributed by atoms with Gasteiger partial charge in [-0.05, 0) is 164 Å². The van der Waals surface area contributed by atoms with Gasteiger partial charge in [-0.15, -0.1) is 0 Å². The van der Waals surface area contributed by atoms with Crippen LogP contribution in [0.15, 0.2) is 215 Å². The zero-order valence-corrected chi connectivity index (χ0v) is 43.4. The van der Waals surface area contributed by atoms with Crippen LogP contribution in [0, 0.1) is 0 Å². The van der Waals surface area contributed by atoms with E-state index in [9.17, 15) is 0 Å². The maximum atomic E-state index is 7.43. The Bertz CT molecular complexity index is 3910. The minimum absolute atomic E-state index is 0.250. The second-order valence-electron chi connectivity index (χ2n) is 22.0. The molecule has 2 aromatic heterocycles. The van der Waals surface area contributed by atoms with Crippen LogP contribution >= 0.6 is 0 Å². The minimum atomic E-state index is -0.250. The third-order valence-corrected chi connectivity index (χ3v) is 17.7. The molecule has 8 nitrogen and oxygen atoms in total. The molecule has 11 aromatic rings. The minimum Gasteiger partial charge on any atom is -0.468 e. The van der Waals surface area contributed by atoms with Crippen LogP contribution in [0.5, 0.6) is 0 Å². The van der Waals surface area contributed by atoms with Gasteiger partial charge in [-0.1, -0.05) is 103 Å². The first-order valence-electron chi connectivity index (χ1n) is 28.2. The Labute approximate surface area is 455 Å². The van der Waals surface area contributed by atoms with Gasteiger partial charge in [0.15, 0.2) is 0 Å². The number of piperidine rings is 2. The second kappa shape index (κ2) is 17.3. The third-order valence-electron chi connectivity index (χ3n) is 17.7. The Morgan fingerprint density at radius 2 is 0.628 bits per heavy atom. The number of hydrogen-bond donors (Lipinski definition) is 0. The number of hydrogen-bond acceptors (Lipinski definition) is 8. The van der Waals surface area contributed by atoms with Crippen molar-refractivity contribution in [1.82, 2.24) is 0 Å². The number of fused-ring (bicyclic) bond motifs is 12. The van der Waals surface area contributed by atoms with Crippen LogP contribution in [0.2, 0.25) is 0 Å². The Hall–Kier alpha value is -9.01. The highest BCUT2D eigenvalue weighted by Crippen LogP contribution is 2.52. The molecule has 9 aromatic carbocycles. The summed E-state index contributed by atoms with van der Waals surface area (Å²) in [6.45, 7) is 3.62. The van der Waals surface area contributed by atoms with Crippen molar-refractivity contribution in [2.45, 2.75) is 38.5 Å². The molecule has 2 saturated heterocycles. The molecule has 0 bridgehead atoms. The van der Waals surface area contributed by atoms with E-state index in [1.165, 1.54) is 94.5 Å². The lowest BCUT2D eigenvalue weighted by Gasteiger charge is -2.46. The largest absolute Gasteiger partial charge is 0.468 e. The predicted molar refractivity (Wildman–Crippen MR) is 326 cm³/mol. The Morgan fingerprint density at radius 3 is 1.01 bits per heavy atom. The van der Waals surface area contributed by atoms with Gasteiger partial charge in [0.2, 0.25) is 0 Å². The van der Waals surface area contributed by atoms with Crippen molar-refractivity contribution in [3.63, 3.8) is 0 Å². The highest BCUT2D eigenvalue weighted by Gasteiger charge is 2.52. The fourth-order valence-corrected chi connectivity index (χ4v) is 14.4. The van der Waals surface area contributed by atoms with Gasteiger partial charge in [-0.3, -0.25) is 0 Å². The fraction of sp³-hybridized carbons (Fsp3) is 0.147. The lowest BCUT2D eigenvalue weighted by atomic mass is 9.32. The van der Waals surface area contributed by atoms with E-state index in [-0.39, 0.29) is 13.4 Å². The van der Waals surface area contributed by atoms with Crippen LogP contribution in [-0.4, -0.2) is 39.6 Å². The van der Waals surface area contributed by atoms with Gasteiger partial charge in [0.1, 0.15) is 11.2 Å². The van der Waals surface area contributed by atoms with Crippen molar-refractivity contribution in [3.8, 4) is 0 Å². The first-order chi connectivity index (χ1) is 38.7. The standard InChI is InChI=1S/C68H54B2N6O2/c1-7-23-45(24-8-1)73-55-44-56-54(43-53(55)69-63-57(73)39-49(71-35-19-5-20-36-71)41-59(63)75(47-27-11-3-12-28-47)65-51-31-15-17-33-61(51)77-67(65)69)70-64-58(74(56)46-25-9-2-10-26-46)40-50(72-37-21-6-22-38-72)42-60(64)76(48-29-13-4-14-30-48)66-52-32-16-18-34-62(52)78-68(66)70/h1-4,7-18,23-34,39-44H,5-6,19-22,35-38H2. The predicted octanol–water partition coefficient (Wildman–Crippen LogP) is 13.3. The molecule has 78 heavy (non-hydrogen) atoms. The number of anilines is 14. The van der Waals surface area contributed by atoms with E-state index in [1.54, 1.807) is 0 Å². The molecule has 374 valence electrons. The summed E-state index contributed by atoms with van der Waals surface area (Å²) < 4.78 is 14.9. The summed E-state index contributed by atoms with van der Waals surface area (Å²) in [5.74, 6) is 0. The lowest BCUT2D eigenvalue weighted by Crippen LogP contribution is -2.65. The average Bonchev–Trinajstić information content (AvgIpc) is 4.26. The topological polar surface area (TPSA) is 45.7 Å². The molecule has 6 aliphatic heterocycles. The molecule has 17 rings (SSSR count). The van der Waals surface area contributed by atoms with Gasteiger partial charge in [0.25, 0.3) is 13.4 Å². The van der Waals surface area contributed by atoms with Crippen LogP contribution < -0.4 is 62.6 Å². The summed E-state index contributed by atoms with van der Waals surface area (Å²) in [7, 11) is 0. The number of rotatable bonds is 6. The molecular weight excluding hydrogens is 954 g/mol. The molecule has 0 saturated carbocycles. The van der Waals surface area contributed by atoms with E-state index in [2.05, 4.69) is 236 Å². The van der Waals surface area contributed by atoms with Crippen molar-refractivity contribution < 1.29 is 8.83 Å². The summed E-state index contributed by atoms with van der Waals surface area (Å²) in [4.78, 5) is 15.4. The van der Waals surface area contributed by atoms with Gasteiger partial charge in [-0.2, -0.15) is 0 Å². The molecule has 0 atom stereocenters. The summed E-state index contributed by atoms with van der Waals surface area (Å²) in [6, 6.07) is 76.5. The maximum absolute atomic E-state index is 7.43. The van der Waals surface area contributed by atoms with Gasteiger partial charge < -0.3 is 38.2 Å². The van der Waals surface area contributed by atoms with Gasteiger partial charge in [0, 0.05) is 105 Å². The normalized spacial score (nSPS) is 16.0. The van der Waals surface area contributed by atoms with Crippen LogP contribution in [0.3, 0.4) is 0 Å². The first-order valence-corrected chi connectivity index (χ1v) is 28.2. The third kappa shape index (κ3) is 6.43. The first kappa shape index (κ1) is 44.2. The van der Waals surface area contributed by atoms with E-state index in [1.807, 2.05) is 0 Å². The highest BCUT2D eigenvalue weighted by atomic mass is 16.3. The van der Waals surface area contributed by atoms with Crippen LogP contribution in [0.4, 0.5) is 79.6 Å². The molecule has 0 N–H and O–H groups in total. The monoisotopic (exact) mass is 1010 g/mol. The molecular formula is C68H54B2N6O2. The quantitative estimate of drug-likeness (QED) is 0.153. The van der Waals surface area contributed by atoms with Crippen molar-refractivity contribution in [3.05, 3.63) is 206 Å². The van der Waals surface area contributed by atoms with Crippen LogP contribution in [0.25, 0.3) is 21.9 Å². The molecule has 2 fully saturated rings. The van der Waals surface area contributed by atoms with Crippen molar-refractivity contribution in [2.75, 3.05) is 55.6 Å². The van der Waals surface area contributed by atoms with Gasteiger partial charge in [0.05, 0.1) is 22.7 Å². The zero-order valence-electron chi connectivity index (χ0n) is 43.4. The molecule has 0 radical (unpaired) electrons. The maximum Gasteiger partial charge on any atom is 0.297 e. The number of furan rings is 2. The average molecular weight is 1010 g/mol. The van der Waals surface area contributed by atoms with Gasteiger partial charge >= 0.3 is 0 Å². The summed E-state index contributed by atoms with van der Waals surface area (Å²) >= 11 is 0. The lowest BCUT2D eigenvalue weighted by molar-refractivity contribution is 0.578. The van der Waals surface area contributed by atoms with E-state index in [4.69, 9.17) is 8.83 Å². The number of nitrogens with zero attached hydrogens (tertiary/aromatic N) is 6. The van der Waals surface area contributed by atoms with Crippen molar-refractivity contribution >= 4 is 148 Å². The summed E-state index contributed by atoms with van der Waals surface area (Å²) in [5.41, 5.74) is 24.8. The molecule has 0 unspecified atom stereocenters. The van der Waals surface area contributed by atoms with Crippen LogP contribution in [0.1, 0.15) is 38.5 Å². The summed E-state index contributed by atoms with van der Waals surface area (Å²) in [6.07, 6.45) is 7.24. The zero-order chi connectivity index (χ0) is 51.0. The van der Waals surface area contributed by atoms with Crippen LogP contribution in [-0.2, 0) is 0 Å². The van der Waals surface area contributed by atoms with Crippen molar-refractivity contribution in [2.24, 2.45) is 0 Å². The highest BCUT2D eigenvalue weighted by molar-refractivity contribution is 7.02. The van der Waals surface area contributed by atoms with E-state index >= 15 is 0 Å². The number of benzene rings is 9. The summed E-state index contributed by atoms with van der Waals surface area (Å²) in [5, 5.41) is 2.21. The SMILES string of the molecule is c1ccc(N2c3cc4c(cc3B3c5oc6ccccc6c5N(c5ccccc5)c5cc(N6CCCCC6)cc2c53)B2c3oc5ccccc5c3N(c3ccccc3)c3cc(N5CCCCC5)cc(c32)N4c2ccccc2)cc1. The molecule has 6 aliphatic rings. The second-order valence-corrected chi connectivity index (χ2v) is 22.0. The van der Waals surface area contributed by atoms with Crippen molar-refractivity contribution in [1.29, 1.82) is 0 Å². The van der Waals surface area contributed by atoms with E-state index in [0.717, 1.165) is 105 Å². The van der Waals surface area contributed by atoms with E-state index in [0.29, 0.717) is 0 Å². The molecule has 8 heterocycles. The Morgan fingerprint density at radius 1 is 0.295 bits per heavy atom. The fourth-order valence-electron chi connectivity index (χ4n) is 14.4. The van der Waals surface area contributed by atoms with Gasteiger partial charge in [-0.25, -0.2) is 0 Å². The molecule has 0 amide bonds. The molecule has 0 aliphatic carbocycles. The Kier molecular flexibility index (Phi) is 9.76. The number of para-hydroxylation sites is 6. The molecule has 0 spiro atoms. The van der Waals surface area contributed by atoms with E-state index < -0.39 is 0 Å².